The second-order valence-electron chi connectivity index (χ2n) is 4.67. The van der Waals surface area contributed by atoms with E-state index in [9.17, 15) is 39.0 Å². The Morgan fingerprint density at radius 2 is 1.14 bits per heavy atom. The van der Waals surface area contributed by atoms with Crippen LogP contribution in [0, 0.1) is 0 Å². The Hall–Kier alpha value is -0.290. The molecule has 0 radical (unpaired) electrons. The lowest BCUT2D eigenvalue weighted by Crippen LogP contribution is -3.19. The molecule has 3 aliphatic rings. The molecule has 0 saturated carbocycles. The Balaban J connectivity index is 0. The first-order valence-electron chi connectivity index (χ1n) is 5.85. The predicted octanol–water partition coefficient (Wildman–Crippen LogP) is -1.41. The monoisotopic (exact) mass is 355 g/mol. The highest BCUT2D eigenvalue weighted by atomic mass is 35.5. The lowest BCUT2D eigenvalue weighted by atomic mass is 10.1. The summed E-state index contributed by atoms with van der Waals surface area (Å²) in [5.41, 5.74) is 0. The van der Waals surface area contributed by atoms with Crippen molar-refractivity contribution in [2.24, 2.45) is 0 Å². The normalized spacial score (nSPS) is 31.1. The van der Waals surface area contributed by atoms with Crippen molar-refractivity contribution in [1.82, 2.24) is 0 Å². The topological polar surface area (TPSA) is 4.44 Å². The van der Waals surface area contributed by atoms with E-state index in [-0.39, 0.29) is 23.2 Å². The smallest absolute Gasteiger partial charge is 0.673 e. The van der Waals surface area contributed by atoms with E-state index in [1.165, 1.54) is 0 Å². The van der Waals surface area contributed by atoms with Gasteiger partial charge in [-0.25, -0.2) is 0 Å². The van der Waals surface area contributed by atoms with Crippen molar-refractivity contribution in [3.8, 4) is 0 Å². The van der Waals surface area contributed by atoms with E-state index in [1.54, 1.807) is 4.90 Å². The molecule has 3 heterocycles. The minimum Gasteiger partial charge on any atom is -1.00 e. The molecule has 130 valence electrons. The maximum atomic E-state index is 13.7. The third-order valence-electron chi connectivity index (χ3n) is 3.05. The molecule has 0 aromatic heterocycles. The van der Waals surface area contributed by atoms with Crippen LogP contribution in [0.4, 0.5) is 39.0 Å². The van der Waals surface area contributed by atoms with Crippen LogP contribution >= 0.6 is 0 Å². The summed E-state index contributed by atoms with van der Waals surface area (Å²) in [6.07, 6.45) is 0. The van der Waals surface area contributed by atoms with E-state index >= 15 is 0 Å². The molecule has 21 heavy (non-hydrogen) atoms. The molecule has 14 heteroatoms. The van der Waals surface area contributed by atoms with Crippen LogP contribution < -0.4 is 17.3 Å². The van der Waals surface area contributed by atoms with E-state index in [2.05, 4.69) is 0 Å². The van der Waals surface area contributed by atoms with E-state index < -0.39 is 14.5 Å². The Labute approximate surface area is 122 Å². The van der Waals surface area contributed by atoms with Gasteiger partial charge in [-0.05, 0) is 11.4 Å². The van der Waals surface area contributed by atoms with Crippen LogP contribution in [0.2, 0.25) is 0 Å². The van der Waals surface area contributed by atoms with Crippen LogP contribution in [-0.4, -0.2) is 58.0 Å². The highest BCUT2D eigenvalue weighted by Gasteiger charge is 2.49. The largest absolute Gasteiger partial charge is 1.00 e. The third kappa shape index (κ3) is 13.1. The molecule has 3 fully saturated rings. The molecule has 3 rings (SSSR count). The summed E-state index contributed by atoms with van der Waals surface area (Å²) in [4.78, 5) is 1.60. The highest BCUT2D eigenvalue weighted by Crippen LogP contribution is 2.17. The Morgan fingerprint density at radius 1 is 0.857 bits per heavy atom. The van der Waals surface area contributed by atoms with Gasteiger partial charge in [0.15, 0.2) is 19.1 Å². The fourth-order valence-electron chi connectivity index (χ4n) is 2.15. The van der Waals surface area contributed by atoms with Gasteiger partial charge < -0.3 is 51.8 Å². The van der Waals surface area contributed by atoms with Crippen molar-refractivity contribution in [1.29, 1.82) is 0 Å². The minimum absolute atomic E-state index is 0. The number of quaternary nitrogens is 2. The maximum Gasteiger partial charge on any atom is 0.673 e. The second-order valence-corrected chi connectivity index (χ2v) is 4.67. The number of fused-ring (bicyclic) bond motifs is 3. The molecule has 0 aromatic carbocycles. The summed E-state index contributed by atoms with van der Waals surface area (Å²) < 4.78 is 91.5. The van der Waals surface area contributed by atoms with Gasteiger partial charge in [0.25, 0.3) is 0 Å². The molecule has 3 aliphatic heterocycles. The molecule has 0 aliphatic carbocycles. The number of halogens is 10. The number of hydrogen-bond donors (Lipinski definition) is 1. The van der Waals surface area contributed by atoms with Gasteiger partial charge in [-0.3, -0.25) is 0 Å². The van der Waals surface area contributed by atoms with Crippen molar-refractivity contribution in [3.05, 3.63) is 0 Å². The van der Waals surface area contributed by atoms with Crippen molar-refractivity contribution >= 4 is 14.5 Å². The predicted molar refractivity (Wildman–Crippen MR) is 56.5 cm³/mol. The van der Waals surface area contributed by atoms with E-state index in [0.717, 1.165) is 32.7 Å². The number of piperazine rings is 3. The summed E-state index contributed by atoms with van der Waals surface area (Å²) in [6.45, 7) is 6.64. The molecular weight excluding hydrogens is 340 g/mol. The van der Waals surface area contributed by atoms with Gasteiger partial charge in [-0.15, -0.1) is 4.71 Å². The lowest BCUT2D eigenvalue weighted by molar-refractivity contribution is -1.16. The summed E-state index contributed by atoms with van der Waals surface area (Å²) in [7, 11) is -12.0. The van der Waals surface area contributed by atoms with Crippen LogP contribution in [-0.2, 0) is 0 Å². The van der Waals surface area contributed by atoms with Gasteiger partial charge in [0.1, 0.15) is 19.6 Å². The van der Waals surface area contributed by atoms with Crippen molar-refractivity contribution in [2.75, 3.05) is 32.7 Å². The minimum atomic E-state index is -6.00. The zero-order valence-electron chi connectivity index (χ0n) is 11.0. The van der Waals surface area contributed by atoms with Crippen molar-refractivity contribution < 1.29 is 61.0 Å². The molecule has 1 atom stereocenters. The van der Waals surface area contributed by atoms with Crippen LogP contribution in [0.25, 0.3) is 0 Å². The summed E-state index contributed by atoms with van der Waals surface area (Å²) in [5.74, 6) is 0. The quantitative estimate of drug-likeness (QED) is 0.310. The number of nitrogens with one attached hydrogen (secondary N) is 1. The summed E-state index contributed by atoms with van der Waals surface area (Å²) >= 11 is 0. The number of nitrogens with zero attached hydrogens (tertiary/aromatic N) is 1. The molecule has 0 amide bonds. The molecule has 3 saturated heterocycles. The van der Waals surface area contributed by atoms with E-state index in [4.69, 9.17) is 0 Å². The highest BCUT2D eigenvalue weighted by molar-refractivity contribution is 6.50. The van der Waals surface area contributed by atoms with Crippen LogP contribution in [0.1, 0.15) is 6.92 Å². The van der Waals surface area contributed by atoms with Gasteiger partial charge in [0.05, 0.1) is 0 Å². The zero-order chi connectivity index (χ0) is 16.2. The van der Waals surface area contributed by atoms with Gasteiger partial charge in [-0.2, -0.15) is 0 Å². The summed E-state index contributed by atoms with van der Waals surface area (Å²) in [6, 6.07) is 0.248. The van der Waals surface area contributed by atoms with Gasteiger partial charge in [0.2, 0.25) is 0 Å². The first-order valence-corrected chi connectivity index (χ1v) is 5.85. The van der Waals surface area contributed by atoms with Crippen molar-refractivity contribution in [3.63, 3.8) is 0 Å². The average Bonchev–Trinajstić information content (AvgIpc) is 2.15. The maximum absolute atomic E-state index is 13.7. The molecule has 2 bridgehead atoms. The fraction of sp³-hybridized carbons (Fsp3) is 1.00. The van der Waals surface area contributed by atoms with Gasteiger partial charge >= 0.3 is 14.5 Å². The molecule has 1 N–H and O–H groups in total. The zero-order valence-corrected chi connectivity index (χ0v) is 11.8. The Morgan fingerprint density at radius 3 is 1.29 bits per heavy atom. The van der Waals surface area contributed by atoms with Gasteiger partial charge in [-0.1, -0.05) is 0 Å². The first-order chi connectivity index (χ1) is 8.71. The molecule has 1 unspecified atom stereocenters. The van der Waals surface area contributed by atoms with E-state index in [1.807, 2.05) is 6.92 Å². The average molecular weight is 355 g/mol. The lowest BCUT2D eigenvalue weighted by Gasteiger charge is -2.43. The van der Waals surface area contributed by atoms with Crippen molar-refractivity contribution in [2.45, 2.75) is 13.0 Å². The third-order valence-corrected chi connectivity index (χ3v) is 3.05. The second kappa shape index (κ2) is 8.37. The standard InChI is InChI=1S/C7H14FN2.2BF4.ClH/c1-7-6-9-2-4-10(7,8)5-3-9;2*2-1(3,4)5;/h7H,2-6H2,1H3;;;1H/q+1;2*-1;. The van der Waals surface area contributed by atoms with Crippen LogP contribution in [0.3, 0.4) is 0 Å². The Kier molecular flexibility index (Phi) is 9.16. The Bertz CT molecular complexity index is 269. The van der Waals surface area contributed by atoms with Gasteiger partial charge in [0, 0.05) is 0 Å². The van der Waals surface area contributed by atoms with Crippen LogP contribution in [0.15, 0.2) is 0 Å². The summed E-state index contributed by atoms with van der Waals surface area (Å²) in [5, 5.41) is 0. The molecule has 0 spiro atoms. The number of hydrogen-bond acceptors (Lipinski definition) is 0. The molecule has 0 aromatic rings. The van der Waals surface area contributed by atoms with Crippen LogP contribution in [0.5, 0.6) is 0 Å². The number of rotatable bonds is 0. The molecular formula is C7H15B2ClF9N2-. The first kappa shape index (κ1) is 23.0. The molecule has 2 nitrogen and oxygen atoms in total. The SMILES string of the molecule is CC1C[NH+]2CC[N+]1(F)CC2.F[B-](F)(F)F.F[B-](F)(F)F.[Cl-]. The fourth-order valence-corrected chi connectivity index (χ4v) is 2.15. The van der Waals surface area contributed by atoms with E-state index in [0.29, 0.717) is 0 Å².